The molecule has 0 aromatic carbocycles. The van der Waals surface area contributed by atoms with Crippen molar-refractivity contribution in [2.45, 2.75) is 24.5 Å². The summed E-state index contributed by atoms with van der Waals surface area (Å²) >= 11 is 0. The molecule has 0 amide bonds. The van der Waals surface area contributed by atoms with Crippen LogP contribution in [0.5, 0.6) is 0 Å². The molecule has 0 aliphatic heterocycles. The zero-order valence-electron chi connectivity index (χ0n) is 12.5. The van der Waals surface area contributed by atoms with Gasteiger partial charge in [-0.3, -0.25) is 0 Å². The number of sulfonamides is 2. The fraction of sp³-hybridized carbons (Fsp3) is 0.400. The number of carboxylic acid groups (broad SMARTS) is 1. The summed E-state index contributed by atoms with van der Waals surface area (Å²) in [6.45, 7) is 1.91. The van der Waals surface area contributed by atoms with Crippen LogP contribution in [0.15, 0.2) is 24.4 Å². The average Bonchev–Trinajstić information content (AvgIpc) is 2.38. The average molecular weight is 432 g/mol. The first-order valence-corrected chi connectivity index (χ1v) is 8.82. The Balaban J connectivity index is 0.000000502. The minimum absolute atomic E-state index is 0.0344. The Kier molecular flexibility index (Phi) is 7.56. The minimum Gasteiger partial charge on any atom is -0.477 e. The first-order chi connectivity index (χ1) is 11.4. The van der Waals surface area contributed by atoms with Crippen LogP contribution >= 0.6 is 0 Å². The highest BCUT2D eigenvalue weighted by molar-refractivity contribution is 8.13. The zero-order chi connectivity index (χ0) is 21.0. The predicted molar refractivity (Wildman–Crippen MR) is 72.3 cm³/mol. The van der Waals surface area contributed by atoms with Gasteiger partial charge in [0.25, 0.3) is 0 Å². The van der Waals surface area contributed by atoms with E-state index in [1.165, 1.54) is 0 Å². The molecule has 0 bridgehead atoms. The molecule has 1 aromatic heterocycles. The normalized spacial score (nSPS) is 12.9. The van der Waals surface area contributed by atoms with Crippen LogP contribution in [0.4, 0.5) is 26.3 Å². The van der Waals surface area contributed by atoms with Crippen molar-refractivity contribution in [3.63, 3.8) is 0 Å². The highest BCUT2D eigenvalue weighted by atomic mass is 32.3. The lowest BCUT2D eigenvalue weighted by molar-refractivity contribution is -0.691. The molecule has 0 aliphatic carbocycles. The molecule has 0 saturated heterocycles. The molecule has 0 saturated carbocycles. The Labute approximate surface area is 143 Å². The van der Waals surface area contributed by atoms with Crippen LogP contribution in [0.1, 0.15) is 5.69 Å². The quantitative estimate of drug-likeness (QED) is 0.567. The summed E-state index contributed by atoms with van der Waals surface area (Å²) in [7, 11) is -13.4. The van der Waals surface area contributed by atoms with Gasteiger partial charge in [-0.1, -0.05) is 6.07 Å². The summed E-state index contributed by atoms with van der Waals surface area (Å²) in [5.41, 5.74) is -11.5. The van der Waals surface area contributed by atoms with Gasteiger partial charge in [0.05, 0.1) is 0 Å². The fourth-order valence-electron chi connectivity index (χ4n) is 1.10. The van der Waals surface area contributed by atoms with Gasteiger partial charge in [0.2, 0.25) is 6.54 Å². The summed E-state index contributed by atoms with van der Waals surface area (Å²) in [5.74, 6) is -0.815. The van der Waals surface area contributed by atoms with E-state index in [-0.39, 0.29) is 6.54 Å². The fourth-order valence-corrected chi connectivity index (χ4v) is 2.81. The first-order valence-electron chi connectivity index (χ1n) is 5.94. The Morgan fingerprint density at radius 3 is 1.77 bits per heavy atom. The van der Waals surface area contributed by atoms with Crippen LogP contribution in [-0.4, -0.2) is 38.9 Å². The van der Waals surface area contributed by atoms with Crippen molar-refractivity contribution in [3.05, 3.63) is 34.2 Å². The molecule has 0 spiro atoms. The van der Waals surface area contributed by atoms with E-state index in [2.05, 4.69) is 0 Å². The summed E-state index contributed by atoms with van der Waals surface area (Å²) in [6.07, 6.45) is 1.75. The number of nitrogens with zero attached hydrogens (tertiary/aromatic N) is 2. The maximum Gasteiger partial charge on any atom is 0.480 e. The monoisotopic (exact) mass is 432 g/mol. The van der Waals surface area contributed by atoms with Gasteiger partial charge in [-0.15, -0.1) is 0 Å². The van der Waals surface area contributed by atoms with Gasteiger partial charge in [0.15, 0.2) is 31.9 Å². The van der Waals surface area contributed by atoms with Crippen molar-refractivity contribution < 1.29 is 57.6 Å². The number of hydrogen-bond donors (Lipinski definition) is 1. The second kappa shape index (κ2) is 8.17. The van der Waals surface area contributed by atoms with Crippen molar-refractivity contribution in [1.29, 1.82) is 0 Å². The summed E-state index contributed by atoms with van der Waals surface area (Å²) in [5, 5.41) is 8.47. The maximum absolute atomic E-state index is 11.4. The highest BCUT2D eigenvalue weighted by Crippen LogP contribution is 2.36. The molecule has 1 rings (SSSR count). The van der Waals surface area contributed by atoms with Crippen LogP contribution < -0.4 is 4.57 Å². The number of hydrogen-bond acceptors (Lipinski definition) is 5. The van der Waals surface area contributed by atoms with E-state index in [1.54, 1.807) is 10.8 Å². The van der Waals surface area contributed by atoms with Crippen molar-refractivity contribution in [3.8, 4) is 0 Å². The second-order valence-electron chi connectivity index (χ2n) is 4.28. The van der Waals surface area contributed by atoms with E-state index >= 15 is 0 Å². The number of aliphatic carboxylic acids is 1. The molecule has 0 radical (unpaired) electrons. The van der Waals surface area contributed by atoms with Gasteiger partial charge in [0.1, 0.15) is 0 Å². The van der Waals surface area contributed by atoms with Crippen molar-refractivity contribution in [2.75, 3.05) is 0 Å². The molecule has 1 aromatic rings. The number of alkyl halides is 6. The molecule has 1 N–H and O–H groups in total. The van der Waals surface area contributed by atoms with E-state index in [0.29, 0.717) is 0 Å². The summed E-state index contributed by atoms with van der Waals surface area (Å²) < 4.78 is 111. The Morgan fingerprint density at radius 2 is 1.46 bits per heavy atom. The Morgan fingerprint density at radius 1 is 1.04 bits per heavy atom. The number of aromatic nitrogens is 1. The molecule has 0 aliphatic rings. The lowest BCUT2D eigenvalue weighted by atomic mass is 10.3. The molecule has 0 atom stereocenters. The van der Waals surface area contributed by atoms with Crippen LogP contribution in [-0.2, 0) is 31.4 Å². The lowest BCUT2D eigenvalue weighted by Gasteiger charge is -2.22. The third-order valence-electron chi connectivity index (χ3n) is 2.25. The SMILES string of the molecule is Cc1cccc[n+]1CC(=O)O.O=S(=O)([N-]S(=O)(=O)C(F)(F)F)C(F)(F)F. The van der Waals surface area contributed by atoms with Gasteiger partial charge in [-0.05, 0) is 0 Å². The highest BCUT2D eigenvalue weighted by Gasteiger charge is 2.46. The van der Waals surface area contributed by atoms with E-state index in [4.69, 9.17) is 5.11 Å². The Hall–Kier alpha value is -1.94. The molecular weight excluding hydrogens is 422 g/mol. The summed E-state index contributed by atoms with van der Waals surface area (Å²) in [4.78, 5) is 10.3. The second-order valence-corrected chi connectivity index (χ2v) is 7.70. The molecule has 0 fully saturated rings. The first kappa shape index (κ1) is 24.1. The molecule has 26 heavy (non-hydrogen) atoms. The van der Waals surface area contributed by atoms with Crippen LogP contribution in [0.2, 0.25) is 0 Å². The van der Waals surface area contributed by atoms with Gasteiger partial charge >= 0.3 is 17.0 Å². The lowest BCUT2D eigenvalue weighted by Crippen LogP contribution is -2.40. The van der Waals surface area contributed by atoms with Gasteiger partial charge in [0, 0.05) is 19.1 Å². The zero-order valence-corrected chi connectivity index (χ0v) is 14.1. The Bertz CT molecular complexity index is 805. The standard InChI is InChI=1S/C8H9NO2.C2F6NO4S2/c1-7-4-2-3-5-9(7)6-8(10)11;3-1(4,5)14(10,11)9-15(12,13)2(6,7)8/h2-5H,6H2,1H3;/q;-1/p+1. The summed E-state index contributed by atoms with van der Waals surface area (Å²) in [6, 6.07) is 5.58. The smallest absolute Gasteiger partial charge is 0.477 e. The van der Waals surface area contributed by atoms with Gasteiger partial charge in [-0.2, -0.15) is 30.9 Å². The molecule has 8 nitrogen and oxygen atoms in total. The van der Waals surface area contributed by atoms with Crippen LogP contribution in [0, 0.1) is 6.92 Å². The van der Waals surface area contributed by atoms with E-state index in [9.17, 15) is 48.0 Å². The maximum atomic E-state index is 11.4. The number of pyridine rings is 1. The number of halogens is 6. The van der Waals surface area contributed by atoms with Crippen molar-refractivity contribution >= 4 is 26.0 Å². The molecule has 0 unspecified atom stereocenters. The topological polar surface area (TPSA) is 124 Å². The van der Waals surface area contributed by atoms with Crippen molar-refractivity contribution in [2.24, 2.45) is 0 Å². The third kappa shape index (κ3) is 7.12. The molecular formula is C10H10F6N2O6S2. The van der Waals surface area contributed by atoms with Gasteiger partial charge < -0.3 is 9.23 Å². The molecule has 150 valence electrons. The van der Waals surface area contributed by atoms with Gasteiger partial charge in [-0.25, -0.2) is 21.6 Å². The number of carbonyl (C=O) groups is 1. The molecule has 16 heteroatoms. The van der Waals surface area contributed by atoms with E-state index in [0.717, 1.165) is 9.82 Å². The molecule has 1 heterocycles. The third-order valence-corrected chi connectivity index (χ3v) is 4.99. The predicted octanol–water partition coefficient (Wildman–Crippen LogP) is 1.43. The van der Waals surface area contributed by atoms with Crippen LogP contribution in [0.3, 0.4) is 0 Å². The van der Waals surface area contributed by atoms with E-state index in [1.807, 2.05) is 25.1 Å². The van der Waals surface area contributed by atoms with Crippen molar-refractivity contribution in [1.82, 2.24) is 0 Å². The largest absolute Gasteiger partial charge is 0.480 e. The van der Waals surface area contributed by atoms with Crippen LogP contribution in [0.25, 0.3) is 4.13 Å². The number of rotatable bonds is 4. The number of carboxylic acids is 1. The minimum atomic E-state index is -6.72. The van der Waals surface area contributed by atoms with E-state index < -0.39 is 37.0 Å². The number of aryl methyl sites for hydroxylation is 1.